The molecular weight excluding hydrogens is 128 g/mol. The number of rotatable bonds is 2. The first-order valence-corrected chi connectivity index (χ1v) is 3.26. The first-order valence-electron chi connectivity index (χ1n) is 3.26. The maximum Gasteiger partial charge on any atom is 0.113 e. The van der Waals surface area contributed by atoms with Crippen molar-refractivity contribution >= 4 is 11.9 Å². The van der Waals surface area contributed by atoms with Crippen molar-refractivity contribution < 1.29 is 5.11 Å². The van der Waals surface area contributed by atoms with Gasteiger partial charge in [0.2, 0.25) is 0 Å². The molecule has 0 saturated heterocycles. The van der Waals surface area contributed by atoms with Crippen molar-refractivity contribution in [1.29, 1.82) is 10.8 Å². The molecule has 0 spiro atoms. The van der Waals surface area contributed by atoms with Gasteiger partial charge in [0.15, 0.2) is 0 Å². The molecule has 0 radical (unpaired) electrons. The Morgan fingerprint density at radius 3 is 2.10 bits per heavy atom. The molecule has 1 aliphatic carbocycles. The Hall–Kier alpha value is -0.700. The lowest BCUT2D eigenvalue weighted by molar-refractivity contribution is 0.180. The minimum atomic E-state index is -1.01. The Bertz CT molecular complexity index is 198. The van der Waals surface area contributed by atoms with Crippen molar-refractivity contribution in [3.8, 4) is 0 Å². The van der Waals surface area contributed by atoms with Crippen LogP contribution < -0.4 is 0 Å². The smallest absolute Gasteiger partial charge is 0.113 e. The zero-order valence-corrected chi connectivity index (χ0v) is 6.23. The van der Waals surface area contributed by atoms with E-state index in [-0.39, 0.29) is 11.1 Å². The Balaban J connectivity index is 2.77. The van der Waals surface area contributed by atoms with Gasteiger partial charge in [-0.2, -0.15) is 0 Å². The summed E-state index contributed by atoms with van der Waals surface area (Å²) in [5.41, 5.74) is -1.17. The van der Waals surface area contributed by atoms with E-state index in [1.807, 2.05) is 13.8 Å². The predicted octanol–water partition coefficient (Wildman–Crippen LogP) is 0.817. The topological polar surface area (TPSA) is 67.9 Å². The van der Waals surface area contributed by atoms with Gasteiger partial charge in [0.1, 0.15) is 5.60 Å². The van der Waals surface area contributed by atoms with Crippen LogP contribution in [0.2, 0.25) is 0 Å². The molecule has 0 heterocycles. The van der Waals surface area contributed by atoms with Crippen LogP contribution in [0.1, 0.15) is 20.3 Å². The molecule has 1 rings (SSSR count). The van der Waals surface area contributed by atoms with Crippen molar-refractivity contribution in [2.45, 2.75) is 25.9 Å². The van der Waals surface area contributed by atoms with E-state index in [2.05, 4.69) is 0 Å². The summed E-state index contributed by atoms with van der Waals surface area (Å²) in [6, 6.07) is 0. The van der Waals surface area contributed by atoms with Crippen LogP contribution >= 0.6 is 0 Å². The quantitative estimate of drug-likeness (QED) is 0.488. The van der Waals surface area contributed by atoms with Gasteiger partial charge >= 0.3 is 0 Å². The van der Waals surface area contributed by atoms with Crippen molar-refractivity contribution in [1.82, 2.24) is 0 Å². The third-order valence-corrected chi connectivity index (χ3v) is 2.28. The molecule has 1 atom stereocenters. The molecule has 3 heteroatoms. The van der Waals surface area contributed by atoms with Gasteiger partial charge in [-0.3, -0.25) is 0 Å². The molecule has 3 N–H and O–H groups in total. The van der Waals surface area contributed by atoms with Crippen LogP contribution in [0, 0.1) is 16.2 Å². The van der Waals surface area contributed by atoms with Crippen LogP contribution in [0.25, 0.3) is 0 Å². The monoisotopic (exact) mass is 140 g/mol. The zero-order chi connectivity index (χ0) is 7.99. The summed E-state index contributed by atoms with van der Waals surface area (Å²) in [5.74, 6) is 0. The minimum Gasteiger partial charge on any atom is -0.383 e. The van der Waals surface area contributed by atoms with Crippen LogP contribution in [0.5, 0.6) is 0 Å². The summed E-state index contributed by atoms with van der Waals surface area (Å²) in [6.45, 7) is 3.79. The van der Waals surface area contributed by atoms with E-state index in [0.717, 1.165) is 6.21 Å². The Morgan fingerprint density at radius 1 is 1.60 bits per heavy atom. The first-order chi connectivity index (χ1) is 4.44. The van der Waals surface area contributed by atoms with Gasteiger partial charge in [0, 0.05) is 11.6 Å². The van der Waals surface area contributed by atoms with Crippen LogP contribution in [-0.2, 0) is 0 Å². The molecule has 1 saturated carbocycles. The summed E-state index contributed by atoms with van der Waals surface area (Å²) < 4.78 is 0. The van der Waals surface area contributed by atoms with E-state index in [9.17, 15) is 5.11 Å². The normalized spacial score (nSPS) is 35.1. The predicted molar refractivity (Wildman–Crippen MR) is 39.9 cm³/mol. The summed E-state index contributed by atoms with van der Waals surface area (Å²) in [6.07, 6.45) is 1.52. The second kappa shape index (κ2) is 1.66. The second-order valence-electron chi connectivity index (χ2n) is 3.48. The standard InChI is InChI=1S/C7H12N2O/c1-6(2)4-7(6,10)5(9)3-8/h3,8-10H,4H2,1-2H3. The van der Waals surface area contributed by atoms with Gasteiger partial charge in [-0.05, 0) is 6.42 Å². The highest BCUT2D eigenvalue weighted by Crippen LogP contribution is 2.55. The number of hydrogen-bond acceptors (Lipinski definition) is 3. The average Bonchev–Trinajstić information content (AvgIpc) is 2.32. The average molecular weight is 140 g/mol. The molecule has 1 aliphatic rings. The molecule has 0 aromatic heterocycles. The molecule has 56 valence electrons. The molecule has 0 bridgehead atoms. The molecular formula is C7H12N2O. The van der Waals surface area contributed by atoms with E-state index in [0.29, 0.717) is 6.42 Å². The van der Waals surface area contributed by atoms with E-state index >= 15 is 0 Å². The first kappa shape index (κ1) is 7.41. The molecule has 0 aromatic rings. The molecule has 0 aliphatic heterocycles. The van der Waals surface area contributed by atoms with Crippen molar-refractivity contribution in [3.05, 3.63) is 0 Å². The zero-order valence-electron chi connectivity index (χ0n) is 6.23. The molecule has 1 fully saturated rings. The number of aliphatic hydroxyl groups is 1. The lowest BCUT2D eigenvalue weighted by Gasteiger charge is -2.10. The highest BCUT2D eigenvalue weighted by Gasteiger charge is 2.62. The minimum absolute atomic E-state index is 0.0255. The van der Waals surface area contributed by atoms with Crippen molar-refractivity contribution in [3.63, 3.8) is 0 Å². The van der Waals surface area contributed by atoms with Gasteiger partial charge in [0.05, 0.1) is 5.71 Å². The fraction of sp³-hybridized carbons (Fsp3) is 0.714. The SMILES string of the molecule is CC1(C)CC1(O)C(=N)C=N. The van der Waals surface area contributed by atoms with Gasteiger partial charge in [-0.25, -0.2) is 0 Å². The number of nitrogens with one attached hydrogen (secondary N) is 2. The third kappa shape index (κ3) is 0.703. The van der Waals surface area contributed by atoms with Crippen LogP contribution in [0.3, 0.4) is 0 Å². The largest absolute Gasteiger partial charge is 0.383 e. The highest BCUT2D eigenvalue weighted by atomic mass is 16.3. The highest BCUT2D eigenvalue weighted by molar-refractivity contribution is 6.33. The summed E-state index contributed by atoms with van der Waals surface area (Å²) in [4.78, 5) is 0. The Labute approximate surface area is 60.1 Å². The molecule has 0 aromatic carbocycles. The summed E-state index contributed by atoms with van der Waals surface area (Å²) >= 11 is 0. The second-order valence-corrected chi connectivity index (χ2v) is 3.48. The van der Waals surface area contributed by atoms with Crippen molar-refractivity contribution in [2.75, 3.05) is 0 Å². The number of hydrogen-bond donors (Lipinski definition) is 3. The summed E-state index contributed by atoms with van der Waals surface area (Å²) in [5, 5.41) is 23.5. The summed E-state index contributed by atoms with van der Waals surface area (Å²) in [7, 11) is 0. The van der Waals surface area contributed by atoms with Crippen molar-refractivity contribution in [2.24, 2.45) is 5.41 Å². The molecule has 3 nitrogen and oxygen atoms in total. The van der Waals surface area contributed by atoms with Gasteiger partial charge in [-0.1, -0.05) is 13.8 Å². The Morgan fingerprint density at radius 2 is 2.00 bits per heavy atom. The van der Waals surface area contributed by atoms with E-state index in [1.165, 1.54) is 0 Å². The maximum atomic E-state index is 9.55. The molecule has 1 unspecified atom stereocenters. The van der Waals surface area contributed by atoms with Gasteiger partial charge < -0.3 is 15.9 Å². The molecule has 0 amide bonds. The van der Waals surface area contributed by atoms with Gasteiger partial charge in [-0.15, -0.1) is 0 Å². The molecule has 10 heavy (non-hydrogen) atoms. The van der Waals surface area contributed by atoms with Crippen LogP contribution in [0.15, 0.2) is 0 Å². The van der Waals surface area contributed by atoms with E-state index in [1.54, 1.807) is 0 Å². The maximum absolute atomic E-state index is 9.55. The fourth-order valence-electron chi connectivity index (χ4n) is 1.17. The Kier molecular flexibility index (Phi) is 1.23. The van der Waals surface area contributed by atoms with Crippen LogP contribution in [-0.4, -0.2) is 22.6 Å². The van der Waals surface area contributed by atoms with E-state index < -0.39 is 5.60 Å². The third-order valence-electron chi connectivity index (χ3n) is 2.28. The van der Waals surface area contributed by atoms with Gasteiger partial charge in [0.25, 0.3) is 0 Å². The lowest BCUT2D eigenvalue weighted by atomic mass is 10.0. The van der Waals surface area contributed by atoms with Crippen LogP contribution in [0.4, 0.5) is 0 Å². The fourth-order valence-corrected chi connectivity index (χ4v) is 1.17. The van der Waals surface area contributed by atoms with E-state index in [4.69, 9.17) is 10.8 Å². The lowest BCUT2D eigenvalue weighted by Crippen LogP contribution is -2.27.